The van der Waals surface area contributed by atoms with Crippen LogP contribution in [0.25, 0.3) is 0 Å². The van der Waals surface area contributed by atoms with Crippen LogP contribution in [0.4, 0.5) is 5.82 Å². The Morgan fingerprint density at radius 2 is 2.24 bits per heavy atom. The highest BCUT2D eigenvalue weighted by Gasteiger charge is 2.17. The summed E-state index contributed by atoms with van der Waals surface area (Å²) in [6.07, 6.45) is -0.673. The summed E-state index contributed by atoms with van der Waals surface area (Å²) in [7, 11) is 0. The van der Waals surface area contributed by atoms with Crippen LogP contribution in [0.3, 0.4) is 0 Å². The van der Waals surface area contributed by atoms with Gasteiger partial charge in [0.1, 0.15) is 11.9 Å². The van der Waals surface area contributed by atoms with E-state index in [-0.39, 0.29) is 5.82 Å². The van der Waals surface area contributed by atoms with Crippen LogP contribution >= 0.6 is 0 Å². The molecule has 1 heterocycles. The zero-order valence-electron chi connectivity index (χ0n) is 8.72. The van der Waals surface area contributed by atoms with Gasteiger partial charge >= 0.3 is 5.69 Å². The molecule has 0 spiro atoms. The van der Waals surface area contributed by atoms with Gasteiger partial charge in [-0.25, -0.2) is 4.79 Å². The van der Waals surface area contributed by atoms with Crippen LogP contribution in [0.15, 0.2) is 17.1 Å². The Kier molecular flexibility index (Phi) is 4.49. The SMILES string of the molecule is Nc1ccn([C@H](C=O)O[C@H](C=O)CO)c(=O)n1. The molecule has 1 aromatic rings. The molecule has 0 bridgehead atoms. The van der Waals surface area contributed by atoms with Gasteiger partial charge in [0, 0.05) is 6.20 Å². The number of nitrogens with zero attached hydrogens (tertiary/aromatic N) is 2. The maximum Gasteiger partial charge on any atom is 0.351 e. The number of hydrogen-bond acceptors (Lipinski definition) is 7. The van der Waals surface area contributed by atoms with E-state index < -0.39 is 24.6 Å². The summed E-state index contributed by atoms with van der Waals surface area (Å²) in [6.45, 7) is -0.592. The summed E-state index contributed by atoms with van der Waals surface area (Å²) in [6, 6.07) is 1.30. The first-order valence-corrected chi connectivity index (χ1v) is 4.64. The molecule has 0 saturated heterocycles. The topological polar surface area (TPSA) is 125 Å². The van der Waals surface area contributed by atoms with Crippen molar-refractivity contribution in [1.29, 1.82) is 0 Å². The fraction of sp³-hybridized carbons (Fsp3) is 0.333. The Morgan fingerprint density at radius 1 is 1.53 bits per heavy atom. The molecule has 8 nitrogen and oxygen atoms in total. The average Bonchev–Trinajstić information content (AvgIpc) is 2.32. The quantitative estimate of drug-likeness (QED) is 0.557. The highest BCUT2D eigenvalue weighted by molar-refractivity contribution is 5.58. The zero-order chi connectivity index (χ0) is 12.8. The molecule has 0 fully saturated rings. The van der Waals surface area contributed by atoms with E-state index >= 15 is 0 Å². The van der Waals surface area contributed by atoms with Gasteiger partial charge in [0.15, 0.2) is 18.8 Å². The average molecular weight is 241 g/mol. The molecule has 0 aliphatic heterocycles. The summed E-state index contributed by atoms with van der Waals surface area (Å²) in [4.78, 5) is 36.0. The molecule has 0 saturated carbocycles. The van der Waals surface area contributed by atoms with E-state index in [1.54, 1.807) is 0 Å². The number of carbonyl (C=O) groups is 2. The van der Waals surface area contributed by atoms with Crippen molar-refractivity contribution in [1.82, 2.24) is 9.55 Å². The first kappa shape index (κ1) is 13.0. The minimum atomic E-state index is -1.34. The van der Waals surface area contributed by atoms with Crippen molar-refractivity contribution in [2.45, 2.75) is 12.3 Å². The normalized spacial score (nSPS) is 13.9. The molecule has 3 N–H and O–H groups in total. The fourth-order valence-electron chi connectivity index (χ4n) is 1.08. The minimum absolute atomic E-state index is 0.00462. The number of hydrogen-bond donors (Lipinski definition) is 2. The second-order valence-electron chi connectivity index (χ2n) is 3.06. The molecule has 0 amide bonds. The number of aliphatic hydroxyl groups is 1. The highest BCUT2D eigenvalue weighted by atomic mass is 16.5. The van der Waals surface area contributed by atoms with Crippen LogP contribution < -0.4 is 11.4 Å². The molecule has 0 aliphatic rings. The van der Waals surface area contributed by atoms with Crippen LogP contribution in [0, 0.1) is 0 Å². The van der Waals surface area contributed by atoms with Crippen LogP contribution in [0.2, 0.25) is 0 Å². The molecule has 2 atom stereocenters. The maximum atomic E-state index is 11.4. The fourth-order valence-corrected chi connectivity index (χ4v) is 1.08. The maximum absolute atomic E-state index is 11.4. The molecular formula is C9H11N3O5. The van der Waals surface area contributed by atoms with Gasteiger partial charge < -0.3 is 20.4 Å². The van der Waals surface area contributed by atoms with E-state index in [1.807, 2.05) is 0 Å². The summed E-state index contributed by atoms with van der Waals surface area (Å²) in [5, 5.41) is 8.74. The number of nitrogens with two attached hydrogens (primary N) is 1. The highest BCUT2D eigenvalue weighted by Crippen LogP contribution is 2.05. The van der Waals surface area contributed by atoms with E-state index in [9.17, 15) is 14.4 Å². The molecular weight excluding hydrogens is 230 g/mol. The van der Waals surface area contributed by atoms with E-state index in [1.165, 1.54) is 12.3 Å². The predicted molar refractivity (Wildman–Crippen MR) is 56.0 cm³/mol. The Bertz CT molecular complexity index is 458. The summed E-state index contributed by atoms with van der Waals surface area (Å²) >= 11 is 0. The first-order chi connectivity index (χ1) is 8.12. The summed E-state index contributed by atoms with van der Waals surface area (Å²) < 4.78 is 5.76. The third kappa shape index (κ3) is 3.20. The standard InChI is InChI=1S/C9H11N3O5/c10-7-1-2-12(9(16)11-7)8(5-15)17-6(3-13)4-14/h1-3,5-6,8,14H,4H2,(H2,10,11,16)/t6-,8+/m1/s1. The Balaban J connectivity index is 2.97. The van der Waals surface area contributed by atoms with E-state index in [0.29, 0.717) is 12.6 Å². The summed E-state index contributed by atoms with van der Waals surface area (Å²) in [5.41, 5.74) is 4.49. The number of aliphatic hydroxyl groups excluding tert-OH is 1. The van der Waals surface area contributed by atoms with Crippen molar-refractivity contribution in [3.8, 4) is 0 Å². The van der Waals surface area contributed by atoms with Gasteiger partial charge in [0.2, 0.25) is 0 Å². The van der Waals surface area contributed by atoms with Crippen molar-refractivity contribution in [2.24, 2.45) is 0 Å². The monoisotopic (exact) mass is 241 g/mol. The molecule has 0 radical (unpaired) electrons. The lowest BCUT2D eigenvalue weighted by atomic mass is 10.4. The number of aromatic nitrogens is 2. The van der Waals surface area contributed by atoms with Gasteiger partial charge in [-0.1, -0.05) is 0 Å². The van der Waals surface area contributed by atoms with Gasteiger partial charge in [-0.05, 0) is 6.07 Å². The second-order valence-corrected chi connectivity index (χ2v) is 3.06. The van der Waals surface area contributed by atoms with Gasteiger partial charge in [-0.2, -0.15) is 4.98 Å². The van der Waals surface area contributed by atoms with Gasteiger partial charge in [-0.15, -0.1) is 0 Å². The van der Waals surface area contributed by atoms with Crippen molar-refractivity contribution < 1.29 is 19.4 Å². The van der Waals surface area contributed by atoms with Gasteiger partial charge in [0.25, 0.3) is 0 Å². The first-order valence-electron chi connectivity index (χ1n) is 4.64. The van der Waals surface area contributed by atoms with Crippen molar-refractivity contribution in [3.63, 3.8) is 0 Å². The molecule has 0 unspecified atom stereocenters. The Morgan fingerprint density at radius 3 is 2.71 bits per heavy atom. The van der Waals surface area contributed by atoms with Crippen molar-refractivity contribution >= 4 is 18.4 Å². The van der Waals surface area contributed by atoms with Crippen LogP contribution in [-0.4, -0.2) is 39.9 Å². The third-order valence-corrected chi connectivity index (χ3v) is 1.89. The zero-order valence-corrected chi connectivity index (χ0v) is 8.72. The molecule has 92 valence electrons. The molecule has 0 aromatic carbocycles. The van der Waals surface area contributed by atoms with Crippen molar-refractivity contribution in [3.05, 3.63) is 22.7 Å². The van der Waals surface area contributed by atoms with E-state index in [0.717, 1.165) is 4.57 Å². The molecule has 17 heavy (non-hydrogen) atoms. The molecule has 0 aliphatic carbocycles. The number of rotatable bonds is 6. The lowest BCUT2D eigenvalue weighted by Gasteiger charge is -2.17. The molecule has 8 heteroatoms. The lowest BCUT2D eigenvalue weighted by Crippen LogP contribution is -2.33. The third-order valence-electron chi connectivity index (χ3n) is 1.89. The second kappa shape index (κ2) is 5.87. The Hall–Kier alpha value is -2.06. The van der Waals surface area contributed by atoms with Crippen LogP contribution in [0.5, 0.6) is 0 Å². The number of nitrogen functional groups attached to an aromatic ring is 1. The number of anilines is 1. The van der Waals surface area contributed by atoms with E-state index in [4.69, 9.17) is 15.6 Å². The molecule has 1 rings (SSSR count). The van der Waals surface area contributed by atoms with Crippen LogP contribution in [0.1, 0.15) is 6.23 Å². The Labute approximate surface area is 95.6 Å². The van der Waals surface area contributed by atoms with E-state index in [2.05, 4.69) is 4.98 Å². The van der Waals surface area contributed by atoms with Gasteiger partial charge in [-0.3, -0.25) is 9.36 Å². The lowest BCUT2D eigenvalue weighted by molar-refractivity contribution is -0.140. The molecule has 1 aromatic heterocycles. The number of aldehydes is 2. The smallest absolute Gasteiger partial charge is 0.351 e. The number of carbonyl (C=O) groups excluding carboxylic acids is 2. The van der Waals surface area contributed by atoms with Gasteiger partial charge in [0.05, 0.1) is 6.61 Å². The number of ether oxygens (including phenoxy) is 1. The minimum Gasteiger partial charge on any atom is -0.393 e. The summed E-state index contributed by atoms with van der Waals surface area (Å²) in [5.74, 6) is 0.00462. The predicted octanol–water partition coefficient (Wildman–Crippen LogP) is -1.90. The van der Waals surface area contributed by atoms with Crippen LogP contribution in [-0.2, 0) is 14.3 Å². The largest absolute Gasteiger partial charge is 0.393 e. The van der Waals surface area contributed by atoms with Crippen molar-refractivity contribution in [2.75, 3.05) is 12.3 Å².